The first-order chi connectivity index (χ1) is 15.1. The summed E-state index contributed by atoms with van der Waals surface area (Å²) >= 11 is 0. The van der Waals surface area contributed by atoms with Crippen molar-refractivity contribution in [3.8, 4) is 0 Å². The largest absolute Gasteiger partial charge is 0.351 e. The Morgan fingerprint density at radius 2 is 1.53 bits per heavy atom. The maximum Gasteiger partial charge on any atom is 0.251 e. The zero-order valence-corrected chi connectivity index (χ0v) is 20.1. The molecule has 0 radical (unpaired) electrons. The molecule has 0 unspecified atom stereocenters. The SMILES string of the molecule is Cc1ccccc1C(=O)N[C@@H]1CCCC[C@H]1NC(=O)C1CCN(C(=O)CC(C)(C)C)CC1. The first-order valence-electron chi connectivity index (χ1n) is 12.1. The molecule has 1 aliphatic heterocycles. The van der Waals surface area contributed by atoms with E-state index < -0.39 is 0 Å². The highest BCUT2D eigenvalue weighted by Gasteiger charge is 2.33. The molecule has 2 aliphatic rings. The minimum absolute atomic E-state index is 0.0238. The van der Waals surface area contributed by atoms with E-state index in [-0.39, 0.29) is 41.1 Å². The summed E-state index contributed by atoms with van der Waals surface area (Å²) in [7, 11) is 0. The Kier molecular flexibility index (Phi) is 7.96. The van der Waals surface area contributed by atoms with Crippen LogP contribution in [0, 0.1) is 18.3 Å². The summed E-state index contributed by atoms with van der Waals surface area (Å²) in [4.78, 5) is 40.2. The van der Waals surface area contributed by atoms with E-state index in [1.807, 2.05) is 36.1 Å². The van der Waals surface area contributed by atoms with E-state index in [1.165, 1.54) is 0 Å². The molecule has 1 heterocycles. The van der Waals surface area contributed by atoms with Gasteiger partial charge in [-0.1, -0.05) is 51.8 Å². The Labute approximate surface area is 192 Å². The van der Waals surface area contributed by atoms with Crippen LogP contribution in [0.2, 0.25) is 0 Å². The lowest BCUT2D eigenvalue weighted by Crippen LogP contribution is -2.55. The summed E-state index contributed by atoms with van der Waals surface area (Å²) in [5, 5.41) is 6.41. The standard InChI is InChI=1S/C26H39N3O3/c1-18-9-5-6-10-20(18)25(32)28-22-12-8-7-11-21(22)27-24(31)19-13-15-29(16-14-19)23(30)17-26(2,3)4/h5-6,9-10,19,21-22H,7-8,11-17H2,1-4H3,(H,27,31)(H,28,32)/t21-,22-/m1/s1. The number of benzene rings is 1. The van der Waals surface area contributed by atoms with Crippen molar-refractivity contribution in [2.45, 2.75) is 84.7 Å². The van der Waals surface area contributed by atoms with Crippen LogP contribution in [-0.2, 0) is 9.59 Å². The van der Waals surface area contributed by atoms with Crippen LogP contribution in [0.25, 0.3) is 0 Å². The lowest BCUT2D eigenvalue weighted by Gasteiger charge is -2.36. The molecule has 1 aliphatic carbocycles. The highest BCUT2D eigenvalue weighted by molar-refractivity contribution is 5.95. The van der Waals surface area contributed by atoms with Gasteiger partial charge in [0.05, 0.1) is 0 Å². The molecule has 1 aromatic rings. The molecule has 32 heavy (non-hydrogen) atoms. The molecule has 2 fully saturated rings. The molecule has 176 valence electrons. The normalized spacial score (nSPS) is 22.3. The number of amides is 3. The number of aryl methyl sites for hydroxylation is 1. The number of nitrogens with one attached hydrogen (secondary N) is 2. The molecular weight excluding hydrogens is 402 g/mol. The lowest BCUT2D eigenvalue weighted by atomic mass is 9.88. The summed E-state index contributed by atoms with van der Waals surface area (Å²) in [5.74, 6) is 0.112. The van der Waals surface area contributed by atoms with E-state index in [9.17, 15) is 14.4 Å². The molecule has 3 amide bonds. The number of likely N-dealkylation sites (tertiary alicyclic amines) is 1. The molecular formula is C26H39N3O3. The van der Waals surface area contributed by atoms with Gasteiger partial charge in [-0.2, -0.15) is 0 Å². The topological polar surface area (TPSA) is 78.5 Å². The van der Waals surface area contributed by atoms with Crippen LogP contribution in [0.5, 0.6) is 0 Å². The summed E-state index contributed by atoms with van der Waals surface area (Å²) in [5.41, 5.74) is 1.62. The quantitative estimate of drug-likeness (QED) is 0.729. The number of piperidine rings is 1. The van der Waals surface area contributed by atoms with Crippen LogP contribution < -0.4 is 10.6 Å². The van der Waals surface area contributed by atoms with Crippen molar-refractivity contribution in [1.82, 2.24) is 15.5 Å². The zero-order chi connectivity index (χ0) is 23.3. The second-order valence-electron chi connectivity index (χ2n) is 10.7. The predicted octanol–water partition coefficient (Wildman–Crippen LogP) is 3.83. The predicted molar refractivity (Wildman–Crippen MR) is 126 cm³/mol. The van der Waals surface area contributed by atoms with Crippen molar-refractivity contribution in [2.75, 3.05) is 13.1 Å². The average molecular weight is 442 g/mol. The van der Waals surface area contributed by atoms with Gasteiger partial charge in [0, 0.05) is 43.1 Å². The van der Waals surface area contributed by atoms with Crippen LogP contribution in [-0.4, -0.2) is 47.8 Å². The van der Waals surface area contributed by atoms with Crippen molar-refractivity contribution in [3.05, 3.63) is 35.4 Å². The van der Waals surface area contributed by atoms with Gasteiger partial charge < -0.3 is 15.5 Å². The van der Waals surface area contributed by atoms with Gasteiger partial charge in [0.25, 0.3) is 5.91 Å². The number of hydrogen-bond acceptors (Lipinski definition) is 3. The van der Waals surface area contributed by atoms with Crippen LogP contribution in [0.1, 0.15) is 81.6 Å². The van der Waals surface area contributed by atoms with Gasteiger partial charge in [-0.05, 0) is 49.7 Å². The Balaban J connectivity index is 1.53. The van der Waals surface area contributed by atoms with Gasteiger partial charge in [-0.15, -0.1) is 0 Å². The number of carbonyl (C=O) groups is 3. The van der Waals surface area contributed by atoms with Crippen LogP contribution in [0.3, 0.4) is 0 Å². The van der Waals surface area contributed by atoms with Crippen molar-refractivity contribution in [3.63, 3.8) is 0 Å². The molecule has 3 rings (SSSR count). The number of hydrogen-bond donors (Lipinski definition) is 2. The fraction of sp³-hybridized carbons (Fsp3) is 0.654. The molecule has 1 aromatic carbocycles. The van der Waals surface area contributed by atoms with Gasteiger partial charge >= 0.3 is 0 Å². The molecule has 0 spiro atoms. The minimum Gasteiger partial charge on any atom is -0.351 e. The third kappa shape index (κ3) is 6.57. The van der Waals surface area contributed by atoms with Crippen molar-refractivity contribution in [2.24, 2.45) is 11.3 Å². The Hall–Kier alpha value is -2.37. The van der Waals surface area contributed by atoms with E-state index >= 15 is 0 Å². The first kappa shape index (κ1) is 24.3. The fourth-order valence-corrected chi connectivity index (χ4v) is 4.81. The van der Waals surface area contributed by atoms with Gasteiger partial charge in [0.15, 0.2) is 0 Å². The van der Waals surface area contributed by atoms with Crippen molar-refractivity contribution in [1.29, 1.82) is 0 Å². The summed E-state index contributed by atoms with van der Waals surface area (Å²) < 4.78 is 0. The van der Waals surface area contributed by atoms with Crippen LogP contribution in [0.15, 0.2) is 24.3 Å². The molecule has 0 bridgehead atoms. The Morgan fingerprint density at radius 1 is 0.938 bits per heavy atom. The lowest BCUT2D eigenvalue weighted by molar-refractivity contribution is -0.137. The van der Waals surface area contributed by atoms with Crippen LogP contribution in [0.4, 0.5) is 0 Å². The highest BCUT2D eigenvalue weighted by atomic mass is 16.2. The molecule has 2 atom stereocenters. The average Bonchev–Trinajstić information content (AvgIpc) is 2.74. The number of rotatable bonds is 5. The van der Waals surface area contributed by atoms with Gasteiger partial charge in [0.2, 0.25) is 11.8 Å². The molecule has 0 aromatic heterocycles. The van der Waals surface area contributed by atoms with Crippen LogP contribution >= 0.6 is 0 Å². The molecule has 1 saturated heterocycles. The summed E-state index contributed by atoms with van der Waals surface area (Å²) in [6.07, 6.45) is 5.81. The molecule has 1 saturated carbocycles. The number of carbonyl (C=O) groups excluding carboxylic acids is 3. The van der Waals surface area contributed by atoms with Crippen molar-refractivity contribution < 1.29 is 14.4 Å². The Morgan fingerprint density at radius 3 is 2.12 bits per heavy atom. The third-order valence-electron chi connectivity index (χ3n) is 6.70. The monoisotopic (exact) mass is 441 g/mol. The minimum atomic E-state index is -0.0695. The van der Waals surface area contributed by atoms with Gasteiger partial charge in [-0.3, -0.25) is 14.4 Å². The van der Waals surface area contributed by atoms with E-state index in [0.717, 1.165) is 31.2 Å². The fourth-order valence-electron chi connectivity index (χ4n) is 4.81. The smallest absolute Gasteiger partial charge is 0.251 e. The summed E-state index contributed by atoms with van der Waals surface area (Å²) in [6.45, 7) is 9.45. The third-order valence-corrected chi connectivity index (χ3v) is 6.70. The van der Waals surface area contributed by atoms with E-state index in [0.29, 0.717) is 37.9 Å². The highest BCUT2D eigenvalue weighted by Crippen LogP contribution is 2.25. The van der Waals surface area contributed by atoms with E-state index in [1.54, 1.807) is 0 Å². The van der Waals surface area contributed by atoms with Crippen molar-refractivity contribution >= 4 is 17.7 Å². The number of nitrogens with zero attached hydrogens (tertiary/aromatic N) is 1. The second kappa shape index (κ2) is 10.5. The summed E-state index contributed by atoms with van der Waals surface area (Å²) in [6, 6.07) is 7.50. The first-order valence-corrected chi connectivity index (χ1v) is 12.1. The molecule has 6 nitrogen and oxygen atoms in total. The molecule has 6 heteroatoms. The van der Waals surface area contributed by atoms with E-state index in [2.05, 4.69) is 31.4 Å². The second-order valence-corrected chi connectivity index (χ2v) is 10.7. The molecule has 2 N–H and O–H groups in total. The maximum absolute atomic E-state index is 13.0. The Bertz CT molecular complexity index is 822. The van der Waals surface area contributed by atoms with E-state index in [4.69, 9.17) is 0 Å². The zero-order valence-electron chi connectivity index (χ0n) is 20.1. The maximum atomic E-state index is 13.0. The van der Waals surface area contributed by atoms with Gasteiger partial charge in [0.1, 0.15) is 0 Å². The van der Waals surface area contributed by atoms with Gasteiger partial charge in [-0.25, -0.2) is 0 Å².